The Labute approximate surface area is 105 Å². The van der Waals surface area contributed by atoms with Gasteiger partial charge in [-0.15, -0.1) is 0 Å². The number of rotatable bonds is 7. The third-order valence-corrected chi connectivity index (χ3v) is 2.61. The van der Waals surface area contributed by atoms with E-state index in [1.807, 2.05) is 6.92 Å². The van der Waals surface area contributed by atoms with Gasteiger partial charge in [0, 0.05) is 12.2 Å². The molecular formula is C11H19N5O2. The molecule has 7 nitrogen and oxygen atoms in total. The largest absolute Gasteiger partial charge is 0.370 e. The van der Waals surface area contributed by atoms with Gasteiger partial charge in [0.1, 0.15) is 0 Å². The Balaban J connectivity index is 2.20. The van der Waals surface area contributed by atoms with Crippen LogP contribution in [-0.4, -0.2) is 34.6 Å². The number of nitrogens with one attached hydrogen (secondary N) is 2. The zero-order valence-corrected chi connectivity index (χ0v) is 10.4. The summed E-state index contributed by atoms with van der Waals surface area (Å²) < 4.78 is 0. The lowest BCUT2D eigenvalue weighted by Gasteiger charge is -2.10. The van der Waals surface area contributed by atoms with Gasteiger partial charge in [0.2, 0.25) is 11.8 Å². The maximum Gasteiger partial charge on any atom is 0.237 e. The predicted octanol–water partition coefficient (Wildman–Crippen LogP) is -1.03. The number of aryl methyl sites for hydroxylation is 2. The average Bonchev–Trinajstić information content (AvgIpc) is 2.69. The zero-order valence-electron chi connectivity index (χ0n) is 10.4. The number of primary amides is 1. The highest BCUT2D eigenvalue weighted by atomic mass is 16.2. The van der Waals surface area contributed by atoms with Crippen molar-refractivity contribution in [2.24, 2.45) is 11.5 Å². The molecule has 0 aliphatic heterocycles. The van der Waals surface area contributed by atoms with E-state index in [1.54, 1.807) is 6.20 Å². The van der Waals surface area contributed by atoms with E-state index in [4.69, 9.17) is 11.5 Å². The molecule has 0 spiro atoms. The van der Waals surface area contributed by atoms with Crippen LogP contribution in [0.3, 0.4) is 0 Å². The fourth-order valence-electron chi connectivity index (χ4n) is 1.56. The lowest BCUT2D eigenvalue weighted by molar-refractivity contribution is -0.126. The van der Waals surface area contributed by atoms with Gasteiger partial charge in [0.05, 0.1) is 18.7 Å². The van der Waals surface area contributed by atoms with E-state index in [0.29, 0.717) is 6.54 Å². The Hall–Kier alpha value is -1.89. The number of nitrogens with zero attached hydrogens (tertiary/aromatic N) is 1. The van der Waals surface area contributed by atoms with Crippen LogP contribution in [0.4, 0.5) is 0 Å². The Morgan fingerprint density at radius 1 is 1.56 bits per heavy atom. The third kappa shape index (κ3) is 4.54. The van der Waals surface area contributed by atoms with Gasteiger partial charge in [0.15, 0.2) is 0 Å². The lowest BCUT2D eigenvalue weighted by atomic mass is 10.1. The van der Waals surface area contributed by atoms with Gasteiger partial charge in [-0.2, -0.15) is 5.10 Å². The number of amides is 2. The second-order valence-corrected chi connectivity index (χ2v) is 4.19. The monoisotopic (exact) mass is 253 g/mol. The third-order valence-electron chi connectivity index (χ3n) is 2.61. The topological polar surface area (TPSA) is 127 Å². The Kier molecular flexibility index (Phi) is 5.31. The standard InChI is InChI=1S/C11H19N5O2/c1-7-8(6-15-16-7)3-2-4-14-11(18)9(12)5-10(13)17/h6,9H,2-5,12H2,1H3,(H2,13,17)(H,14,18)(H,15,16). The quantitative estimate of drug-likeness (QED) is 0.463. The van der Waals surface area contributed by atoms with Gasteiger partial charge in [0.25, 0.3) is 0 Å². The van der Waals surface area contributed by atoms with Crippen LogP contribution in [0.25, 0.3) is 0 Å². The highest BCUT2D eigenvalue weighted by Gasteiger charge is 2.15. The number of aromatic nitrogens is 2. The number of carbonyl (C=O) groups excluding carboxylic acids is 2. The maximum atomic E-state index is 11.4. The molecule has 0 saturated heterocycles. The molecule has 1 atom stereocenters. The molecule has 0 bridgehead atoms. The molecule has 1 unspecified atom stereocenters. The Bertz CT molecular complexity index is 415. The molecular weight excluding hydrogens is 234 g/mol. The van der Waals surface area contributed by atoms with Gasteiger partial charge in [-0.25, -0.2) is 0 Å². The lowest BCUT2D eigenvalue weighted by Crippen LogP contribution is -2.43. The van der Waals surface area contributed by atoms with E-state index in [-0.39, 0.29) is 12.3 Å². The molecule has 0 aliphatic rings. The van der Waals surface area contributed by atoms with Gasteiger partial charge in [-0.05, 0) is 25.3 Å². The SMILES string of the molecule is Cc1[nH]ncc1CCCNC(=O)C(N)CC(N)=O. The van der Waals surface area contributed by atoms with Crippen LogP contribution in [0.2, 0.25) is 0 Å². The first-order valence-electron chi connectivity index (χ1n) is 5.81. The van der Waals surface area contributed by atoms with E-state index in [9.17, 15) is 9.59 Å². The highest BCUT2D eigenvalue weighted by Crippen LogP contribution is 2.04. The van der Waals surface area contributed by atoms with E-state index in [2.05, 4.69) is 15.5 Å². The molecule has 0 aliphatic carbocycles. The van der Waals surface area contributed by atoms with Gasteiger partial charge >= 0.3 is 0 Å². The van der Waals surface area contributed by atoms with Crippen LogP contribution in [0.5, 0.6) is 0 Å². The number of H-pyrrole nitrogens is 1. The fourth-order valence-corrected chi connectivity index (χ4v) is 1.56. The summed E-state index contributed by atoms with van der Waals surface area (Å²) in [7, 11) is 0. The number of nitrogens with two attached hydrogens (primary N) is 2. The maximum absolute atomic E-state index is 11.4. The molecule has 18 heavy (non-hydrogen) atoms. The molecule has 0 radical (unpaired) electrons. The molecule has 1 aromatic heterocycles. The smallest absolute Gasteiger partial charge is 0.237 e. The summed E-state index contributed by atoms with van der Waals surface area (Å²) in [5, 5.41) is 9.43. The molecule has 0 fully saturated rings. The molecule has 1 aromatic rings. The summed E-state index contributed by atoms with van der Waals surface area (Å²) in [5.41, 5.74) is 12.6. The van der Waals surface area contributed by atoms with Crippen molar-refractivity contribution < 1.29 is 9.59 Å². The van der Waals surface area contributed by atoms with Crippen molar-refractivity contribution in [1.82, 2.24) is 15.5 Å². The van der Waals surface area contributed by atoms with E-state index < -0.39 is 11.9 Å². The van der Waals surface area contributed by atoms with Crippen molar-refractivity contribution >= 4 is 11.8 Å². The minimum absolute atomic E-state index is 0.132. The minimum atomic E-state index is -0.863. The van der Waals surface area contributed by atoms with Crippen molar-refractivity contribution in [3.8, 4) is 0 Å². The van der Waals surface area contributed by atoms with E-state index >= 15 is 0 Å². The second kappa shape index (κ2) is 6.75. The summed E-state index contributed by atoms with van der Waals surface area (Å²) in [5.74, 6) is -0.926. The van der Waals surface area contributed by atoms with Crippen molar-refractivity contribution in [2.45, 2.75) is 32.2 Å². The van der Waals surface area contributed by atoms with Gasteiger partial charge in [-0.1, -0.05) is 0 Å². The molecule has 0 saturated carbocycles. The molecule has 0 aromatic carbocycles. The van der Waals surface area contributed by atoms with E-state index in [1.165, 1.54) is 0 Å². The first-order chi connectivity index (χ1) is 8.50. The highest BCUT2D eigenvalue weighted by molar-refractivity contribution is 5.87. The molecule has 1 rings (SSSR count). The predicted molar refractivity (Wildman–Crippen MR) is 66.4 cm³/mol. The summed E-state index contributed by atoms with van der Waals surface area (Å²) >= 11 is 0. The molecule has 6 N–H and O–H groups in total. The summed E-state index contributed by atoms with van der Waals surface area (Å²) in [6, 6.07) is -0.863. The van der Waals surface area contributed by atoms with Crippen molar-refractivity contribution in [3.05, 3.63) is 17.5 Å². The van der Waals surface area contributed by atoms with E-state index in [0.717, 1.165) is 24.1 Å². The second-order valence-electron chi connectivity index (χ2n) is 4.19. The van der Waals surface area contributed by atoms with Crippen molar-refractivity contribution in [2.75, 3.05) is 6.54 Å². The zero-order chi connectivity index (χ0) is 13.5. The molecule has 2 amide bonds. The van der Waals surface area contributed by atoms with Crippen LogP contribution < -0.4 is 16.8 Å². The minimum Gasteiger partial charge on any atom is -0.370 e. The van der Waals surface area contributed by atoms with Crippen LogP contribution >= 0.6 is 0 Å². The summed E-state index contributed by atoms with van der Waals surface area (Å²) in [6.07, 6.45) is 3.26. The van der Waals surface area contributed by atoms with Gasteiger partial charge < -0.3 is 16.8 Å². The fraction of sp³-hybridized carbons (Fsp3) is 0.545. The van der Waals surface area contributed by atoms with Crippen molar-refractivity contribution in [1.29, 1.82) is 0 Å². The number of hydrogen-bond donors (Lipinski definition) is 4. The van der Waals surface area contributed by atoms with Crippen LogP contribution in [0.15, 0.2) is 6.20 Å². The number of hydrogen-bond acceptors (Lipinski definition) is 4. The Morgan fingerprint density at radius 2 is 2.28 bits per heavy atom. The molecule has 100 valence electrons. The van der Waals surface area contributed by atoms with Gasteiger partial charge in [-0.3, -0.25) is 14.7 Å². The van der Waals surface area contributed by atoms with Crippen LogP contribution in [0, 0.1) is 6.92 Å². The average molecular weight is 253 g/mol. The number of aromatic amines is 1. The summed E-state index contributed by atoms with van der Waals surface area (Å²) in [6.45, 7) is 2.46. The molecule has 7 heteroatoms. The number of carbonyl (C=O) groups is 2. The normalized spacial score (nSPS) is 12.1. The van der Waals surface area contributed by atoms with Crippen molar-refractivity contribution in [3.63, 3.8) is 0 Å². The summed E-state index contributed by atoms with van der Waals surface area (Å²) in [4.78, 5) is 22.0. The van der Waals surface area contributed by atoms with Crippen LogP contribution in [-0.2, 0) is 16.0 Å². The molecule has 1 heterocycles. The van der Waals surface area contributed by atoms with Crippen LogP contribution in [0.1, 0.15) is 24.1 Å². The first-order valence-corrected chi connectivity index (χ1v) is 5.81. The first kappa shape index (κ1) is 14.2. The Morgan fingerprint density at radius 3 is 2.83 bits per heavy atom.